The second kappa shape index (κ2) is 4.86. The van der Waals surface area contributed by atoms with Gasteiger partial charge in [-0.05, 0) is 12.1 Å². The molecule has 1 aromatic heterocycles. The first-order valence-corrected chi connectivity index (χ1v) is 6.35. The Morgan fingerprint density at radius 2 is 1.47 bits per heavy atom. The minimum absolute atomic E-state index is 0.678. The molecular formula is C15H12ClN3. The maximum atomic E-state index is 6.20. The number of hydrogen-bond donors (Lipinski definition) is 0. The van der Waals surface area contributed by atoms with Crippen LogP contribution in [0.4, 0.5) is 0 Å². The lowest BCUT2D eigenvalue weighted by molar-refractivity contribution is 0.930. The van der Waals surface area contributed by atoms with E-state index in [1.807, 2.05) is 66.2 Å². The highest BCUT2D eigenvalue weighted by Gasteiger charge is 2.13. The quantitative estimate of drug-likeness (QED) is 0.708. The standard InChI is InChI=1S/C15H12ClN3/c1-19-14(11-7-3-2-4-8-11)17-18-15(19)12-9-5-6-10-13(12)16/h2-10H,1H3. The van der Waals surface area contributed by atoms with Crippen LogP contribution < -0.4 is 0 Å². The van der Waals surface area contributed by atoms with Crippen LogP contribution in [0.25, 0.3) is 22.8 Å². The van der Waals surface area contributed by atoms with Crippen molar-refractivity contribution in [3.63, 3.8) is 0 Å². The summed E-state index contributed by atoms with van der Waals surface area (Å²) in [6, 6.07) is 17.6. The van der Waals surface area contributed by atoms with Gasteiger partial charge in [-0.1, -0.05) is 54.1 Å². The van der Waals surface area contributed by atoms with Crippen LogP contribution in [0.15, 0.2) is 54.6 Å². The third kappa shape index (κ3) is 2.13. The third-order valence-electron chi connectivity index (χ3n) is 3.02. The summed E-state index contributed by atoms with van der Waals surface area (Å²) in [5, 5.41) is 9.19. The minimum Gasteiger partial charge on any atom is -0.310 e. The van der Waals surface area contributed by atoms with E-state index < -0.39 is 0 Å². The third-order valence-corrected chi connectivity index (χ3v) is 3.35. The van der Waals surface area contributed by atoms with Crippen molar-refractivity contribution in [3.05, 3.63) is 59.6 Å². The fraction of sp³-hybridized carbons (Fsp3) is 0.0667. The Morgan fingerprint density at radius 3 is 2.21 bits per heavy atom. The smallest absolute Gasteiger partial charge is 0.165 e. The summed E-state index contributed by atoms with van der Waals surface area (Å²) in [4.78, 5) is 0. The van der Waals surface area contributed by atoms with Crippen LogP contribution in [0.5, 0.6) is 0 Å². The van der Waals surface area contributed by atoms with Crippen molar-refractivity contribution in [1.82, 2.24) is 14.8 Å². The van der Waals surface area contributed by atoms with E-state index in [0.717, 1.165) is 22.8 Å². The molecule has 0 atom stereocenters. The van der Waals surface area contributed by atoms with Crippen molar-refractivity contribution in [2.24, 2.45) is 7.05 Å². The lowest BCUT2D eigenvalue weighted by Gasteiger charge is -2.05. The zero-order valence-corrected chi connectivity index (χ0v) is 11.2. The molecule has 0 spiro atoms. The Labute approximate surface area is 116 Å². The number of aromatic nitrogens is 3. The van der Waals surface area contributed by atoms with Crippen LogP contribution >= 0.6 is 11.6 Å². The van der Waals surface area contributed by atoms with E-state index in [2.05, 4.69) is 10.2 Å². The molecule has 0 fully saturated rings. The molecular weight excluding hydrogens is 258 g/mol. The molecule has 0 amide bonds. The topological polar surface area (TPSA) is 30.7 Å². The van der Waals surface area contributed by atoms with E-state index in [1.54, 1.807) is 0 Å². The Bertz CT molecular complexity index is 704. The van der Waals surface area contributed by atoms with Crippen LogP contribution in [0.3, 0.4) is 0 Å². The Morgan fingerprint density at radius 1 is 0.842 bits per heavy atom. The summed E-state index contributed by atoms with van der Waals surface area (Å²) in [7, 11) is 1.95. The summed E-state index contributed by atoms with van der Waals surface area (Å²) in [6.45, 7) is 0. The molecule has 0 saturated carbocycles. The first-order valence-electron chi connectivity index (χ1n) is 5.97. The number of rotatable bonds is 2. The largest absolute Gasteiger partial charge is 0.310 e. The molecule has 1 heterocycles. The van der Waals surface area contributed by atoms with E-state index >= 15 is 0 Å². The van der Waals surface area contributed by atoms with Crippen molar-refractivity contribution in [2.45, 2.75) is 0 Å². The van der Waals surface area contributed by atoms with E-state index in [4.69, 9.17) is 11.6 Å². The minimum atomic E-state index is 0.678. The Hall–Kier alpha value is -2.13. The second-order valence-corrected chi connectivity index (χ2v) is 4.66. The molecule has 4 heteroatoms. The molecule has 2 aromatic carbocycles. The van der Waals surface area contributed by atoms with Gasteiger partial charge < -0.3 is 4.57 Å². The molecule has 3 aromatic rings. The number of hydrogen-bond acceptors (Lipinski definition) is 2. The zero-order valence-electron chi connectivity index (χ0n) is 10.4. The van der Waals surface area contributed by atoms with Gasteiger partial charge in [0.2, 0.25) is 0 Å². The summed E-state index contributed by atoms with van der Waals surface area (Å²) >= 11 is 6.20. The van der Waals surface area contributed by atoms with E-state index in [0.29, 0.717) is 5.02 Å². The molecule has 94 valence electrons. The summed E-state index contributed by atoms with van der Waals surface area (Å²) in [6.07, 6.45) is 0. The van der Waals surface area contributed by atoms with Crippen LogP contribution in [-0.4, -0.2) is 14.8 Å². The van der Waals surface area contributed by atoms with Crippen molar-refractivity contribution >= 4 is 11.6 Å². The first-order chi connectivity index (χ1) is 9.27. The molecule has 0 N–H and O–H groups in total. The molecule has 19 heavy (non-hydrogen) atoms. The molecule has 0 unspecified atom stereocenters. The second-order valence-electron chi connectivity index (χ2n) is 4.25. The van der Waals surface area contributed by atoms with Gasteiger partial charge >= 0.3 is 0 Å². The highest BCUT2D eigenvalue weighted by molar-refractivity contribution is 6.33. The van der Waals surface area contributed by atoms with E-state index in [-0.39, 0.29) is 0 Å². The van der Waals surface area contributed by atoms with Crippen LogP contribution in [0.1, 0.15) is 0 Å². The Balaban J connectivity index is 2.12. The summed E-state index contributed by atoms with van der Waals surface area (Å²) in [5.41, 5.74) is 1.93. The molecule has 0 aliphatic rings. The highest BCUT2D eigenvalue weighted by Crippen LogP contribution is 2.28. The van der Waals surface area contributed by atoms with Gasteiger partial charge in [-0.25, -0.2) is 0 Å². The van der Waals surface area contributed by atoms with Gasteiger partial charge in [0.05, 0.1) is 5.02 Å². The molecule has 0 bridgehead atoms. The van der Waals surface area contributed by atoms with Crippen molar-refractivity contribution in [2.75, 3.05) is 0 Å². The maximum Gasteiger partial charge on any atom is 0.165 e. The molecule has 3 nitrogen and oxygen atoms in total. The molecule has 0 aliphatic carbocycles. The zero-order chi connectivity index (χ0) is 13.2. The van der Waals surface area contributed by atoms with Crippen LogP contribution in [0.2, 0.25) is 5.02 Å². The highest BCUT2D eigenvalue weighted by atomic mass is 35.5. The number of nitrogens with zero attached hydrogens (tertiary/aromatic N) is 3. The SMILES string of the molecule is Cn1c(-c2ccccc2)nnc1-c1ccccc1Cl. The van der Waals surface area contributed by atoms with Gasteiger partial charge in [0.25, 0.3) is 0 Å². The average Bonchev–Trinajstić information content (AvgIpc) is 2.82. The van der Waals surface area contributed by atoms with Gasteiger partial charge in [0.1, 0.15) is 0 Å². The summed E-state index contributed by atoms with van der Waals surface area (Å²) in [5.74, 6) is 1.60. The molecule has 0 aliphatic heterocycles. The van der Waals surface area contributed by atoms with Crippen molar-refractivity contribution < 1.29 is 0 Å². The van der Waals surface area contributed by atoms with Crippen molar-refractivity contribution in [3.8, 4) is 22.8 Å². The predicted octanol–water partition coefficient (Wildman–Crippen LogP) is 3.80. The normalized spacial score (nSPS) is 10.6. The number of benzene rings is 2. The van der Waals surface area contributed by atoms with Gasteiger partial charge in [-0.15, -0.1) is 10.2 Å². The van der Waals surface area contributed by atoms with Gasteiger partial charge in [0.15, 0.2) is 11.6 Å². The predicted molar refractivity (Wildman–Crippen MR) is 76.9 cm³/mol. The lowest BCUT2D eigenvalue weighted by atomic mass is 10.2. The summed E-state index contributed by atoms with van der Waals surface area (Å²) < 4.78 is 1.95. The molecule has 3 rings (SSSR count). The van der Waals surface area contributed by atoms with Gasteiger partial charge in [0, 0.05) is 18.2 Å². The van der Waals surface area contributed by atoms with Gasteiger partial charge in [-0.3, -0.25) is 0 Å². The molecule has 0 saturated heterocycles. The molecule has 0 radical (unpaired) electrons. The van der Waals surface area contributed by atoms with Crippen LogP contribution in [0, 0.1) is 0 Å². The Kier molecular flexibility index (Phi) is 3.05. The number of halogens is 1. The fourth-order valence-electron chi connectivity index (χ4n) is 2.04. The monoisotopic (exact) mass is 269 g/mol. The van der Waals surface area contributed by atoms with Crippen molar-refractivity contribution in [1.29, 1.82) is 0 Å². The van der Waals surface area contributed by atoms with E-state index in [1.165, 1.54) is 0 Å². The van der Waals surface area contributed by atoms with Crippen LogP contribution in [-0.2, 0) is 7.05 Å². The first kappa shape index (κ1) is 11.9. The maximum absolute atomic E-state index is 6.20. The van der Waals surface area contributed by atoms with E-state index in [9.17, 15) is 0 Å². The lowest BCUT2D eigenvalue weighted by Crippen LogP contribution is -1.96. The fourth-order valence-corrected chi connectivity index (χ4v) is 2.27. The average molecular weight is 270 g/mol. The van der Waals surface area contributed by atoms with Gasteiger partial charge in [-0.2, -0.15) is 0 Å².